The molecule has 0 bridgehead atoms. The molecule has 3 aromatic rings. The minimum Gasteiger partial charge on any atom is -0.462 e. The summed E-state index contributed by atoms with van der Waals surface area (Å²) in [6, 6.07) is 15.8. The molecule has 0 atom stereocenters. The fourth-order valence-electron chi connectivity index (χ4n) is 2.81. The minimum absolute atomic E-state index is 0.208. The van der Waals surface area contributed by atoms with Crippen molar-refractivity contribution in [3.8, 4) is 17.4 Å². The van der Waals surface area contributed by atoms with Crippen molar-refractivity contribution in [2.75, 3.05) is 6.61 Å². The topological polar surface area (TPSA) is 57.0 Å². The Morgan fingerprint density at radius 1 is 1.07 bits per heavy atom. The monoisotopic (exact) mass is 363 g/mol. The van der Waals surface area contributed by atoms with E-state index in [0.29, 0.717) is 18.0 Å². The van der Waals surface area contributed by atoms with Crippen molar-refractivity contribution in [2.24, 2.45) is 0 Å². The van der Waals surface area contributed by atoms with Gasteiger partial charge in [0.25, 0.3) is 5.91 Å². The number of aromatic nitrogens is 3. The highest BCUT2D eigenvalue weighted by Crippen LogP contribution is 2.23. The highest BCUT2D eigenvalue weighted by atomic mass is 16.5. The number of hydrogen-bond donors (Lipinski definition) is 0. The van der Waals surface area contributed by atoms with E-state index in [4.69, 9.17) is 4.74 Å². The van der Waals surface area contributed by atoms with Crippen molar-refractivity contribution >= 4 is 5.91 Å². The average molecular weight is 363 g/mol. The summed E-state index contributed by atoms with van der Waals surface area (Å²) >= 11 is 0. The number of aryl methyl sites for hydroxylation is 2. The summed E-state index contributed by atoms with van der Waals surface area (Å²) in [6.07, 6.45) is 2.90. The lowest BCUT2D eigenvalue weighted by atomic mass is 10.1. The van der Waals surface area contributed by atoms with Gasteiger partial charge in [0.15, 0.2) is 5.82 Å². The van der Waals surface area contributed by atoms with Gasteiger partial charge in [-0.2, -0.15) is 9.67 Å². The van der Waals surface area contributed by atoms with Gasteiger partial charge in [-0.3, -0.25) is 4.79 Å². The number of nitrogens with zero attached hydrogens (tertiary/aromatic N) is 3. The molecule has 1 heterocycles. The zero-order chi connectivity index (χ0) is 19.2. The van der Waals surface area contributed by atoms with Crippen LogP contribution in [0.4, 0.5) is 0 Å². The van der Waals surface area contributed by atoms with E-state index in [1.807, 2.05) is 49.4 Å². The molecule has 140 valence electrons. The lowest BCUT2D eigenvalue weighted by Crippen LogP contribution is -2.16. The first kappa shape index (κ1) is 18.8. The Morgan fingerprint density at radius 3 is 2.48 bits per heavy atom. The molecule has 0 aliphatic carbocycles. The molecule has 0 amide bonds. The second-order valence-electron chi connectivity index (χ2n) is 6.50. The van der Waals surface area contributed by atoms with Crippen molar-refractivity contribution in [1.82, 2.24) is 14.8 Å². The van der Waals surface area contributed by atoms with Crippen molar-refractivity contribution in [3.63, 3.8) is 0 Å². The third-order valence-corrected chi connectivity index (χ3v) is 4.50. The summed E-state index contributed by atoms with van der Waals surface area (Å²) in [6.45, 7) is 6.66. The molecular formula is C22H25N3O2. The maximum absolute atomic E-state index is 13.1. The summed E-state index contributed by atoms with van der Waals surface area (Å²) in [7, 11) is 0. The Labute approximate surface area is 160 Å². The third-order valence-electron chi connectivity index (χ3n) is 4.50. The Bertz CT molecular complexity index is 914. The number of rotatable bonds is 7. The summed E-state index contributed by atoms with van der Waals surface area (Å²) in [5.74, 6) is 0.290. The highest BCUT2D eigenvalue weighted by molar-refractivity contribution is 5.98. The molecule has 2 aromatic carbocycles. The van der Waals surface area contributed by atoms with E-state index in [2.05, 4.69) is 23.9 Å². The minimum atomic E-state index is -0.208. The molecule has 3 rings (SSSR count). The molecule has 5 nitrogen and oxygen atoms in total. The van der Waals surface area contributed by atoms with Gasteiger partial charge in [-0.1, -0.05) is 62.7 Å². The maximum Gasteiger partial charge on any atom is 0.336 e. The zero-order valence-electron chi connectivity index (χ0n) is 16.1. The van der Waals surface area contributed by atoms with E-state index in [-0.39, 0.29) is 11.9 Å². The van der Waals surface area contributed by atoms with Crippen molar-refractivity contribution in [2.45, 2.75) is 40.0 Å². The van der Waals surface area contributed by atoms with Gasteiger partial charge < -0.3 is 4.74 Å². The van der Waals surface area contributed by atoms with E-state index in [9.17, 15) is 4.79 Å². The summed E-state index contributed by atoms with van der Waals surface area (Å²) < 4.78 is 7.01. The normalized spacial score (nSPS) is 10.8. The first-order chi connectivity index (χ1) is 13.1. The van der Waals surface area contributed by atoms with Gasteiger partial charge in [-0.05, 0) is 37.0 Å². The van der Waals surface area contributed by atoms with Crippen LogP contribution in [0.5, 0.6) is 6.01 Å². The lowest BCUT2D eigenvalue weighted by Gasteiger charge is -2.07. The van der Waals surface area contributed by atoms with Gasteiger partial charge >= 0.3 is 6.01 Å². The van der Waals surface area contributed by atoms with Gasteiger partial charge in [-0.25, -0.2) is 0 Å². The molecule has 0 saturated heterocycles. The van der Waals surface area contributed by atoms with Crippen LogP contribution in [-0.2, 0) is 6.42 Å². The molecule has 0 radical (unpaired) electrons. The third kappa shape index (κ3) is 4.25. The smallest absolute Gasteiger partial charge is 0.336 e. The fraction of sp³-hybridized carbons (Fsp3) is 0.318. The van der Waals surface area contributed by atoms with E-state index in [0.717, 1.165) is 30.4 Å². The second-order valence-corrected chi connectivity index (χ2v) is 6.50. The van der Waals surface area contributed by atoms with Crippen molar-refractivity contribution < 1.29 is 9.53 Å². The Hall–Kier alpha value is -2.95. The molecule has 0 fully saturated rings. The van der Waals surface area contributed by atoms with Gasteiger partial charge in [-0.15, -0.1) is 5.10 Å². The second kappa shape index (κ2) is 8.62. The molecule has 0 saturated carbocycles. The summed E-state index contributed by atoms with van der Waals surface area (Å²) in [5.41, 5.74) is 3.58. The number of carbonyl (C=O) groups is 1. The van der Waals surface area contributed by atoms with Crippen LogP contribution in [0.1, 0.15) is 48.2 Å². The van der Waals surface area contributed by atoms with Crippen molar-refractivity contribution in [3.05, 3.63) is 65.2 Å². The number of hydrogen-bond acceptors (Lipinski definition) is 4. The van der Waals surface area contributed by atoms with Crippen LogP contribution in [-0.4, -0.2) is 27.3 Å². The largest absolute Gasteiger partial charge is 0.462 e. The molecule has 0 spiro atoms. The average Bonchev–Trinajstić information content (AvgIpc) is 3.12. The first-order valence-electron chi connectivity index (χ1n) is 9.43. The standard InChI is InChI=1S/C22H25N3O2/c1-4-6-15-27-22-23-20(18-13-11-17(5-2)12-14-18)25(24-22)21(26)19-10-8-7-9-16(19)3/h7-14H,4-6,15H2,1-3H3. The fourth-order valence-corrected chi connectivity index (χ4v) is 2.81. The Morgan fingerprint density at radius 2 is 1.81 bits per heavy atom. The first-order valence-corrected chi connectivity index (χ1v) is 9.43. The molecule has 0 N–H and O–H groups in total. The zero-order valence-corrected chi connectivity index (χ0v) is 16.1. The number of benzene rings is 2. The molecule has 1 aromatic heterocycles. The van der Waals surface area contributed by atoms with E-state index in [1.54, 1.807) is 6.07 Å². The van der Waals surface area contributed by atoms with Crippen LogP contribution >= 0.6 is 0 Å². The van der Waals surface area contributed by atoms with Crippen LogP contribution in [0.25, 0.3) is 11.4 Å². The summed E-state index contributed by atoms with van der Waals surface area (Å²) in [5, 5.41) is 4.35. The predicted octanol–water partition coefficient (Wildman–Crippen LogP) is 4.68. The molecular weight excluding hydrogens is 338 g/mol. The Balaban J connectivity index is 2.01. The van der Waals surface area contributed by atoms with Crippen molar-refractivity contribution in [1.29, 1.82) is 0 Å². The van der Waals surface area contributed by atoms with Gasteiger partial charge in [0, 0.05) is 11.1 Å². The number of carbonyl (C=O) groups excluding carboxylic acids is 1. The van der Waals surface area contributed by atoms with Crippen LogP contribution in [0, 0.1) is 6.92 Å². The van der Waals surface area contributed by atoms with Crippen LogP contribution in [0.2, 0.25) is 0 Å². The molecule has 0 aliphatic heterocycles. The van der Waals surface area contributed by atoms with Crippen LogP contribution < -0.4 is 4.74 Å². The van der Waals surface area contributed by atoms with Gasteiger partial charge in [0.1, 0.15) is 0 Å². The lowest BCUT2D eigenvalue weighted by molar-refractivity contribution is 0.0944. The number of ether oxygens (including phenoxy) is 1. The van der Waals surface area contributed by atoms with Gasteiger partial charge in [0.2, 0.25) is 0 Å². The van der Waals surface area contributed by atoms with E-state index < -0.39 is 0 Å². The Kier molecular flexibility index (Phi) is 6.01. The summed E-state index contributed by atoms with van der Waals surface area (Å²) in [4.78, 5) is 17.6. The number of unbranched alkanes of at least 4 members (excludes halogenated alkanes) is 1. The quantitative estimate of drug-likeness (QED) is 0.572. The van der Waals surface area contributed by atoms with E-state index in [1.165, 1.54) is 10.2 Å². The van der Waals surface area contributed by atoms with Crippen LogP contribution in [0.3, 0.4) is 0 Å². The highest BCUT2D eigenvalue weighted by Gasteiger charge is 2.21. The molecule has 0 unspecified atom stereocenters. The van der Waals surface area contributed by atoms with E-state index >= 15 is 0 Å². The SMILES string of the molecule is CCCCOc1nc(-c2ccc(CC)cc2)n(C(=O)c2ccccc2C)n1. The molecule has 5 heteroatoms. The maximum atomic E-state index is 13.1. The predicted molar refractivity (Wildman–Crippen MR) is 106 cm³/mol. The van der Waals surface area contributed by atoms with Gasteiger partial charge in [0.05, 0.1) is 6.61 Å². The molecule has 27 heavy (non-hydrogen) atoms. The van der Waals surface area contributed by atoms with Crippen LogP contribution in [0.15, 0.2) is 48.5 Å². The molecule has 0 aliphatic rings.